The van der Waals surface area contributed by atoms with Gasteiger partial charge in [0.2, 0.25) is 0 Å². The first-order valence-corrected chi connectivity index (χ1v) is 6.54. The van der Waals surface area contributed by atoms with E-state index >= 15 is 0 Å². The summed E-state index contributed by atoms with van der Waals surface area (Å²) in [5.74, 6) is 1.47. The largest absolute Gasteiger partial charge is 0.397 e. The average Bonchev–Trinajstić information content (AvgIpc) is 2.70. The maximum atomic E-state index is 6.32. The Morgan fingerprint density at radius 3 is 2.61 bits per heavy atom. The topological polar surface area (TPSA) is 42.2 Å². The van der Waals surface area contributed by atoms with Crippen LogP contribution < -0.4 is 10.6 Å². The Balaban J connectivity index is 2.05. The molecule has 2 N–H and O–H groups in total. The number of benzene rings is 1. The Kier molecular flexibility index (Phi) is 2.62. The lowest BCUT2D eigenvalue weighted by Crippen LogP contribution is -2.20. The Labute approximate surface area is 108 Å². The van der Waals surface area contributed by atoms with Crippen LogP contribution in [-0.4, -0.2) is 18.1 Å². The second kappa shape index (κ2) is 4.16. The van der Waals surface area contributed by atoms with Gasteiger partial charge in [-0.2, -0.15) is 0 Å². The Hall–Kier alpha value is -1.77. The van der Waals surface area contributed by atoms with Gasteiger partial charge in [0.25, 0.3) is 0 Å². The number of anilines is 2. The molecular weight excluding hydrogens is 222 g/mol. The van der Waals surface area contributed by atoms with Crippen LogP contribution >= 0.6 is 0 Å². The van der Waals surface area contributed by atoms with Crippen LogP contribution in [0.4, 0.5) is 11.4 Å². The number of pyridine rings is 1. The summed E-state index contributed by atoms with van der Waals surface area (Å²) in [6.07, 6.45) is 3.67. The number of nitrogens with two attached hydrogens (primary N) is 1. The number of nitrogens with zero attached hydrogens (tertiary/aromatic N) is 2. The first kappa shape index (κ1) is 11.3. The minimum atomic E-state index is 0.734. The van der Waals surface area contributed by atoms with E-state index in [1.54, 1.807) is 6.20 Å². The molecule has 2 atom stereocenters. The molecule has 2 heterocycles. The van der Waals surface area contributed by atoms with Crippen molar-refractivity contribution in [2.24, 2.45) is 11.8 Å². The summed E-state index contributed by atoms with van der Waals surface area (Å²) in [4.78, 5) is 6.54. The third-order valence-corrected chi connectivity index (χ3v) is 4.17. The van der Waals surface area contributed by atoms with Crippen molar-refractivity contribution in [1.82, 2.24) is 4.98 Å². The zero-order valence-electron chi connectivity index (χ0n) is 10.9. The maximum Gasteiger partial charge on any atom is 0.0632 e. The fourth-order valence-electron chi connectivity index (χ4n) is 2.78. The molecule has 1 fully saturated rings. The molecule has 0 spiro atoms. The van der Waals surface area contributed by atoms with Crippen LogP contribution in [0.25, 0.3) is 10.8 Å². The van der Waals surface area contributed by atoms with Gasteiger partial charge < -0.3 is 10.6 Å². The highest BCUT2D eigenvalue weighted by Gasteiger charge is 2.27. The summed E-state index contributed by atoms with van der Waals surface area (Å²) in [5.41, 5.74) is 8.38. The third-order valence-electron chi connectivity index (χ3n) is 4.17. The van der Waals surface area contributed by atoms with Gasteiger partial charge in [-0.15, -0.1) is 0 Å². The van der Waals surface area contributed by atoms with Crippen LogP contribution in [0.2, 0.25) is 0 Å². The molecule has 3 heteroatoms. The first-order valence-electron chi connectivity index (χ1n) is 6.54. The maximum absolute atomic E-state index is 6.32. The molecule has 1 aliphatic rings. The van der Waals surface area contributed by atoms with E-state index in [0.717, 1.165) is 41.4 Å². The lowest BCUT2D eigenvalue weighted by molar-refractivity contribution is 0.494. The van der Waals surface area contributed by atoms with Gasteiger partial charge in [0.15, 0.2) is 0 Å². The number of fused-ring (bicyclic) bond motifs is 1. The molecule has 1 aromatic carbocycles. The SMILES string of the molecule is CC1CN(c2ccc3cnccc3c2N)CC1C. The van der Waals surface area contributed by atoms with Gasteiger partial charge >= 0.3 is 0 Å². The summed E-state index contributed by atoms with van der Waals surface area (Å²) >= 11 is 0. The van der Waals surface area contributed by atoms with Gasteiger partial charge in [0.05, 0.1) is 11.4 Å². The van der Waals surface area contributed by atoms with E-state index in [-0.39, 0.29) is 0 Å². The van der Waals surface area contributed by atoms with Gasteiger partial charge in [-0.1, -0.05) is 19.9 Å². The number of hydrogen-bond acceptors (Lipinski definition) is 3. The minimum Gasteiger partial charge on any atom is -0.397 e. The molecule has 0 radical (unpaired) electrons. The highest BCUT2D eigenvalue weighted by molar-refractivity contribution is 5.98. The van der Waals surface area contributed by atoms with E-state index in [0.29, 0.717) is 0 Å². The zero-order valence-corrected chi connectivity index (χ0v) is 10.9. The molecule has 0 saturated carbocycles. The summed E-state index contributed by atoms with van der Waals surface area (Å²) in [6.45, 7) is 6.82. The molecule has 1 aliphatic heterocycles. The van der Waals surface area contributed by atoms with Crippen molar-refractivity contribution in [3.63, 3.8) is 0 Å². The second-order valence-corrected chi connectivity index (χ2v) is 5.45. The minimum absolute atomic E-state index is 0.734. The number of aromatic nitrogens is 1. The predicted molar refractivity (Wildman–Crippen MR) is 76.7 cm³/mol. The van der Waals surface area contributed by atoms with E-state index in [1.807, 2.05) is 12.3 Å². The van der Waals surface area contributed by atoms with Crippen LogP contribution in [-0.2, 0) is 0 Å². The molecule has 3 nitrogen and oxygen atoms in total. The van der Waals surface area contributed by atoms with Crippen LogP contribution in [0.15, 0.2) is 30.6 Å². The van der Waals surface area contributed by atoms with E-state index < -0.39 is 0 Å². The third kappa shape index (κ3) is 1.70. The Morgan fingerprint density at radius 2 is 1.89 bits per heavy atom. The molecule has 0 bridgehead atoms. The van der Waals surface area contributed by atoms with E-state index in [1.165, 1.54) is 5.69 Å². The van der Waals surface area contributed by atoms with E-state index in [2.05, 4.69) is 35.9 Å². The number of rotatable bonds is 1. The van der Waals surface area contributed by atoms with Gasteiger partial charge in [-0.25, -0.2) is 0 Å². The van der Waals surface area contributed by atoms with Gasteiger partial charge in [-0.3, -0.25) is 4.98 Å². The van der Waals surface area contributed by atoms with Crippen molar-refractivity contribution >= 4 is 22.1 Å². The molecular formula is C15H19N3. The fourth-order valence-corrected chi connectivity index (χ4v) is 2.78. The van der Waals surface area contributed by atoms with Gasteiger partial charge in [0, 0.05) is 36.3 Å². The van der Waals surface area contributed by atoms with Crippen LogP contribution in [0, 0.1) is 11.8 Å². The summed E-state index contributed by atoms with van der Waals surface area (Å²) in [5, 5.41) is 2.22. The predicted octanol–water partition coefficient (Wildman–Crippen LogP) is 2.91. The van der Waals surface area contributed by atoms with E-state index in [9.17, 15) is 0 Å². The molecule has 2 unspecified atom stereocenters. The quantitative estimate of drug-likeness (QED) is 0.781. The molecule has 1 saturated heterocycles. The van der Waals surface area contributed by atoms with Crippen molar-refractivity contribution < 1.29 is 0 Å². The lowest BCUT2D eigenvalue weighted by Gasteiger charge is -2.21. The normalized spacial score (nSPS) is 23.8. The molecule has 0 amide bonds. The van der Waals surface area contributed by atoms with Crippen molar-refractivity contribution in [2.45, 2.75) is 13.8 Å². The van der Waals surface area contributed by atoms with Crippen molar-refractivity contribution in [3.8, 4) is 0 Å². The zero-order chi connectivity index (χ0) is 12.7. The summed E-state index contributed by atoms with van der Waals surface area (Å²) in [6, 6.07) is 6.24. The summed E-state index contributed by atoms with van der Waals surface area (Å²) in [7, 11) is 0. The second-order valence-electron chi connectivity index (χ2n) is 5.45. The molecule has 18 heavy (non-hydrogen) atoms. The number of nitrogen functional groups attached to an aromatic ring is 1. The average molecular weight is 241 g/mol. The summed E-state index contributed by atoms with van der Waals surface area (Å²) < 4.78 is 0. The first-order chi connectivity index (χ1) is 8.66. The molecule has 1 aromatic heterocycles. The van der Waals surface area contributed by atoms with E-state index in [4.69, 9.17) is 5.73 Å². The van der Waals surface area contributed by atoms with Crippen LogP contribution in [0.5, 0.6) is 0 Å². The standard InChI is InChI=1S/C15H19N3/c1-10-8-18(9-11(10)2)14-4-3-12-7-17-6-5-13(12)15(14)16/h3-7,10-11H,8-9,16H2,1-2H3. The highest BCUT2D eigenvalue weighted by atomic mass is 15.2. The van der Waals surface area contributed by atoms with Crippen LogP contribution in [0.1, 0.15) is 13.8 Å². The smallest absolute Gasteiger partial charge is 0.0632 e. The molecule has 2 aromatic rings. The highest BCUT2D eigenvalue weighted by Crippen LogP contribution is 2.35. The van der Waals surface area contributed by atoms with Crippen molar-refractivity contribution in [2.75, 3.05) is 23.7 Å². The Bertz CT molecular complexity index is 569. The van der Waals surface area contributed by atoms with Crippen LogP contribution in [0.3, 0.4) is 0 Å². The van der Waals surface area contributed by atoms with Crippen molar-refractivity contribution in [3.05, 3.63) is 30.6 Å². The van der Waals surface area contributed by atoms with Gasteiger partial charge in [-0.05, 0) is 24.0 Å². The van der Waals surface area contributed by atoms with Crippen molar-refractivity contribution in [1.29, 1.82) is 0 Å². The fraction of sp³-hybridized carbons (Fsp3) is 0.400. The van der Waals surface area contributed by atoms with Gasteiger partial charge in [0.1, 0.15) is 0 Å². The number of hydrogen-bond donors (Lipinski definition) is 1. The monoisotopic (exact) mass is 241 g/mol. The molecule has 3 rings (SSSR count). The lowest BCUT2D eigenvalue weighted by atomic mass is 10.0. The molecule has 0 aliphatic carbocycles. The Morgan fingerprint density at radius 1 is 1.17 bits per heavy atom. The molecule has 94 valence electrons.